The van der Waals surface area contributed by atoms with Crippen molar-refractivity contribution in [2.75, 3.05) is 5.75 Å². The third kappa shape index (κ3) is 3.47. The van der Waals surface area contributed by atoms with Crippen molar-refractivity contribution in [2.24, 2.45) is 15.9 Å². The average molecular weight is 294 g/mol. The maximum absolute atomic E-state index is 11.9. The van der Waals surface area contributed by atoms with E-state index in [0.717, 1.165) is 17.0 Å². The van der Waals surface area contributed by atoms with Crippen LogP contribution in [0.4, 0.5) is 0 Å². The maximum atomic E-state index is 11.9. The number of thioether (sulfide) groups is 1. The van der Waals surface area contributed by atoms with Crippen LogP contribution in [0, 0.1) is 5.92 Å². The second-order valence-corrected chi connectivity index (χ2v) is 5.60. The van der Waals surface area contributed by atoms with Crippen molar-refractivity contribution in [1.82, 2.24) is 0 Å². The number of nitrogens with zero attached hydrogens (tertiary/aromatic N) is 2. The molecule has 0 N–H and O–H groups in total. The van der Waals surface area contributed by atoms with Crippen LogP contribution in [-0.2, 0) is 4.79 Å². The van der Waals surface area contributed by atoms with E-state index in [1.165, 1.54) is 11.8 Å². The number of amidine groups is 1. The van der Waals surface area contributed by atoms with Gasteiger partial charge in [0.1, 0.15) is 5.92 Å². The van der Waals surface area contributed by atoms with Crippen LogP contribution in [-0.4, -0.2) is 22.5 Å². The molecule has 0 fully saturated rings. The second kappa shape index (κ2) is 6.50. The summed E-state index contributed by atoms with van der Waals surface area (Å²) in [5, 5.41) is 0.545. The van der Waals surface area contributed by atoms with Crippen LogP contribution in [0.15, 0.2) is 70.7 Å². The molecule has 0 spiro atoms. The zero-order valence-electron chi connectivity index (χ0n) is 11.3. The van der Waals surface area contributed by atoms with Crippen molar-refractivity contribution in [3.63, 3.8) is 0 Å². The Morgan fingerprint density at radius 1 is 1.14 bits per heavy atom. The number of hydrogen-bond donors (Lipinski definition) is 0. The summed E-state index contributed by atoms with van der Waals surface area (Å²) >= 11 is 1.47. The minimum absolute atomic E-state index is 0.130. The Morgan fingerprint density at radius 2 is 2.00 bits per heavy atom. The summed E-state index contributed by atoms with van der Waals surface area (Å²) in [5.74, 6) is 0.316. The van der Waals surface area contributed by atoms with Gasteiger partial charge < -0.3 is 0 Å². The number of fused-ring (bicyclic) bond motifs is 1. The molecule has 1 aromatic rings. The highest BCUT2D eigenvalue weighted by Crippen LogP contribution is 2.20. The highest BCUT2D eigenvalue weighted by Gasteiger charge is 2.25. The van der Waals surface area contributed by atoms with Crippen LogP contribution in [0.5, 0.6) is 0 Å². The quantitative estimate of drug-likeness (QED) is 0.856. The molecule has 2 aliphatic rings. The van der Waals surface area contributed by atoms with Gasteiger partial charge in [-0.1, -0.05) is 72.5 Å². The number of hydrogen-bond acceptors (Lipinski definition) is 3. The lowest BCUT2D eigenvalue weighted by Crippen LogP contribution is -2.26. The van der Waals surface area contributed by atoms with Gasteiger partial charge in [0.25, 0.3) is 5.91 Å². The molecular formula is C17H14N2OS. The fourth-order valence-electron chi connectivity index (χ4n) is 2.08. The Morgan fingerprint density at radius 3 is 2.86 bits per heavy atom. The maximum Gasteiger partial charge on any atom is 0.261 e. The van der Waals surface area contributed by atoms with E-state index < -0.39 is 0 Å². The first-order valence-corrected chi connectivity index (χ1v) is 7.72. The van der Waals surface area contributed by atoms with Gasteiger partial charge in [-0.2, -0.15) is 4.99 Å². The van der Waals surface area contributed by atoms with Gasteiger partial charge in [0.05, 0.1) is 5.71 Å². The third-order valence-electron chi connectivity index (χ3n) is 3.12. The van der Waals surface area contributed by atoms with Crippen LogP contribution in [0.2, 0.25) is 0 Å². The van der Waals surface area contributed by atoms with Crippen LogP contribution in [0.3, 0.4) is 0 Å². The molecule has 4 heteroatoms. The van der Waals surface area contributed by atoms with E-state index in [2.05, 4.69) is 22.1 Å². The molecule has 0 radical (unpaired) electrons. The van der Waals surface area contributed by atoms with Gasteiger partial charge in [-0.25, -0.2) is 4.99 Å². The monoisotopic (exact) mass is 294 g/mol. The molecular weight excluding hydrogens is 280 g/mol. The first-order chi connectivity index (χ1) is 10.3. The minimum Gasteiger partial charge on any atom is -0.271 e. The van der Waals surface area contributed by atoms with Crippen molar-refractivity contribution in [3.05, 3.63) is 66.3 Å². The summed E-state index contributed by atoms with van der Waals surface area (Å²) in [4.78, 5) is 20.4. The Hall–Kier alpha value is -2.20. The largest absolute Gasteiger partial charge is 0.271 e. The number of rotatable bonds is 3. The molecule has 21 heavy (non-hydrogen) atoms. The van der Waals surface area contributed by atoms with Gasteiger partial charge in [-0.3, -0.25) is 4.79 Å². The standard InChI is InChI=1S/C17H14N2OS/c20-16-14-10-4-5-11-15(14)18-17(19-16)21-12-6-9-13-7-2-1-3-8-13/h1-11,14H,12H2/b9-6+. The smallest absolute Gasteiger partial charge is 0.261 e. The van der Waals surface area contributed by atoms with E-state index in [4.69, 9.17) is 0 Å². The van der Waals surface area contributed by atoms with E-state index in [0.29, 0.717) is 5.17 Å². The van der Waals surface area contributed by atoms with Crippen molar-refractivity contribution in [3.8, 4) is 0 Å². The van der Waals surface area contributed by atoms with Crippen molar-refractivity contribution >= 4 is 34.6 Å². The van der Waals surface area contributed by atoms with E-state index >= 15 is 0 Å². The van der Waals surface area contributed by atoms with E-state index in [-0.39, 0.29) is 11.8 Å². The average Bonchev–Trinajstić information content (AvgIpc) is 2.53. The first kappa shape index (κ1) is 13.8. The van der Waals surface area contributed by atoms with Gasteiger partial charge in [-0.15, -0.1) is 0 Å². The highest BCUT2D eigenvalue weighted by atomic mass is 32.2. The highest BCUT2D eigenvalue weighted by molar-refractivity contribution is 8.14. The SMILES string of the molecule is O=C1N=C(SC/C=C/c2ccccc2)N=C2C=CC=CC12. The summed E-state index contributed by atoms with van der Waals surface area (Å²) in [6.07, 6.45) is 11.6. The lowest BCUT2D eigenvalue weighted by Gasteiger charge is -2.16. The molecule has 3 rings (SSSR count). The molecule has 0 bridgehead atoms. The van der Waals surface area contributed by atoms with Crippen molar-refractivity contribution in [1.29, 1.82) is 0 Å². The molecule has 1 heterocycles. The van der Waals surface area contributed by atoms with Crippen molar-refractivity contribution in [2.45, 2.75) is 0 Å². The molecule has 1 atom stereocenters. The molecule has 1 unspecified atom stereocenters. The molecule has 104 valence electrons. The van der Waals surface area contributed by atoms with E-state index in [9.17, 15) is 4.79 Å². The van der Waals surface area contributed by atoms with Crippen LogP contribution in [0.1, 0.15) is 5.56 Å². The van der Waals surface area contributed by atoms with E-state index in [1.807, 2.05) is 54.6 Å². The fraction of sp³-hybridized carbons (Fsp3) is 0.118. The predicted octanol–water partition coefficient (Wildman–Crippen LogP) is 3.51. The van der Waals surface area contributed by atoms with Crippen molar-refractivity contribution < 1.29 is 4.79 Å². The molecule has 0 saturated heterocycles. The van der Waals surface area contributed by atoms with E-state index in [1.54, 1.807) is 0 Å². The van der Waals surface area contributed by atoms with Crippen LogP contribution >= 0.6 is 11.8 Å². The minimum atomic E-state index is -0.292. The number of carbonyl (C=O) groups excluding carboxylic acids is 1. The van der Waals surface area contributed by atoms with Crippen LogP contribution < -0.4 is 0 Å². The van der Waals surface area contributed by atoms with Gasteiger partial charge in [-0.05, 0) is 11.6 Å². The normalized spacial score (nSPS) is 20.4. The number of aliphatic imine (C=N–C) groups is 2. The Balaban J connectivity index is 1.60. The van der Waals surface area contributed by atoms with Gasteiger partial charge in [0.2, 0.25) is 0 Å². The topological polar surface area (TPSA) is 41.8 Å². The molecule has 1 aliphatic heterocycles. The van der Waals surface area contributed by atoms with Gasteiger partial charge in [0.15, 0.2) is 5.17 Å². The molecule has 1 aromatic carbocycles. The summed E-state index contributed by atoms with van der Waals surface area (Å²) in [5.41, 5.74) is 1.94. The Kier molecular flexibility index (Phi) is 4.26. The zero-order valence-corrected chi connectivity index (χ0v) is 12.2. The number of benzene rings is 1. The Bertz CT molecular complexity index is 684. The predicted molar refractivity (Wildman–Crippen MR) is 89.6 cm³/mol. The Labute approximate surface area is 127 Å². The summed E-state index contributed by atoms with van der Waals surface area (Å²) in [6.45, 7) is 0. The lowest BCUT2D eigenvalue weighted by molar-refractivity contribution is -0.118. The molecule has 3 nitrogen and oxygen atoms in total. The third-order valence-corrected chi connectivity index (χ3v) is 3.92. The number of amides is 1. The first-order valence-electron chi connectivity index (χ1n) is 6.73. The number of carbonyl (C=O) groups is 1. The lowest BCUT2D eigenvalue weighted by atomic mass is 9.97. The number of allylic oxidation sites excluding steroid dienone is 3. The van der Waals surface area contributed by atoms with Gasteiger partial charge >= 0.3 is 0 Å². The van der Waals surface area contributed by atoms with Crippen LogP contribution in [0.25, 0.3) is 6.08 Å². The van der Waals surface area contributed by atoms with Gasteiger partial charge in [0, 0.05) is 5.75 Å². The molecule has 0 aromatic heterocycles. The molecule has 1 aliphatic carbocycles. The second-order valence-electron chi connectivity index (χ2n) is 4.62. The fourth-order valence-corrected chi connectivity index (χ4v) is 2.75. The summed E-state index contributed by atoms with van der Waals surface area (Å²) < 4.78 is 0. The molecule has 1 amide bonds. The molecule has 0 saturated carbocycles. The summed E-state index contributed by atoms with van der Waals surface area (Å²) in [7, 11) is 0. The zero-order chi connectivity index (χ0) is 14.5. The summed E-state index contributed by atoms with van der Waals surface area (Å²) in [6, 6.07) is 10.1.